The highest BCUT2D eigenvalue weighted by Crippen LogP contribution is 2.15. The van der Waals surface area contributed by atoms with E-state index in [1.165, 1.54) is 6.07 Å². The lowest BCUT2D eigenvalue weighted by molar-refractivity contribution is 0.0957. The minimum atomic E-state index is -0.913. The van der Waals surface area contributed by atoms with Gasteiger partial charge in [0, 0.05) is 40.7 Å². The Morgan fingerprint density at radius 2 is 2.12 bits per heavy atom. The van der Waals surface area contributed by atoms with Crippen LogP contribution in [0.4, 0.5) is 11.4 Å². The Hall–Kier alpha value is -1.56. The van der Waals surface area contributed by atoms with Gasteiger partial charge in [0.25, 0.3) is 5.91 Å². The number of carbonyl (C=O) groups excluding carboxylic acids is 1. The van der Waals surface area contributed by atoms with E-state index in [-0.39, 0.29) is 5.91 Å². The average molecular weight is 241 g/mol. The van der Waals surface area contributed by atoms with Crippen LogP contribution in [0, 0.1) is 0 Å². The van der Waals surface area contributed by atoms with Crippen LogP contribution in [-0.2, 0) is 10.8 Å². The second-order valence-electron chi connectivity index (χ2n) is 3.38. The van der Waals surface area contributed by atoms with Crippen LogP contribution in [0.3, 0.4) is 0 Å². The zero-order valence-corrected chi connectivity index (χ0v) is 9.84. The highest BCUT2D eigenvalue weighted by atomic mass is 32.2. The molecule has 16 heavy (non-hydrogen) atoms. The van der Waals surface area contributed by atoms with Gasteiger partial charge in [-0.2, -0.15) is 0 Å². The minimum absolute atomic E-state index is 0.275. The molecule has 0 saturated carbocycles. The SMILES string of the molecule is CS(=O)CCNC(=O)c1ccc(N)cc1N. The molecule has 1 aromatic rings. The van der Waals surface area contributed by atoms with Crippen molar-refractivity contribution in [2.24, 2.45) is 0 Å². The fourth-order valence-corrected chi connectivity index (χ4v) is 1.58. The van der Waals surface area contributed by atoms with E-state index in [1.54, 1.807) is 18.4 Å². The molecule has 0 spiro atoms. The third kappa shape index (κ3) is 3.54. The highest BCUT2D eigenvalue weighted by molar-refractivity contribution is 7.84. The highest BCUT2D eigenvalue weighted by Gasteiger charge is 2.08. The maximum Gasteiger partial charge on any atom is 0.253 e. The number of hydrogen-bond donors (Lipinski definition) is 3. The maximum atomic E-state index is 11.6. The average Bonchev–Trinajstić information content (AvgIpc) is 2.16. The number of rotatable bonds is 4. The normalized spacial score (nSPS) is 12.1. The zero-order valence-electron chi connectivity index (χ0n) is 9.03. The van der Waals surface area contributed by atoms with E-state index in [4.69, 9.17) is 11.5 Å². The van der Waals surface area contributed by atoms with Crippen molar-refractivity contribution in [1.82, 2.24) is 5.32 Å². The monoisotopic (exact) mass is 241 g/mol. The molecule has 88 valence electrons. The summed E-state index contributed by atoms with van der Waals surface area (Å²) in [5.74, 6) is 0.156. The first kappa shape index (κ1) is 12.5. The van der Waals surface area contributed by atoms with Crippen molar-refractivity contribution in [3.63, 3.8) is 0 Å². The van der Waals surface area contributed by atoms with E-state index in [0.29, 0.717) is 29.2 Å². The van der Waals surface area contributed by atoms with Gasteiger partial charge in [-0.15, -0.1) is 0 Å². The van der Waals surface area contributed by atoms with Gasteiger partial charge in [0.2, 0.25) is 0 Å². The van der Waals surface area contributed by atoms with E-state index in [2.05, 4.69) is 5.32 Å². The molecule has 0 aliphatic rings. The number of benzene rings is 1. The molecule has 5 nitrogen and oxygen atoms in total. The van der Waals surface area contributed by atoms with Crippen LogP contribution in [0.1, 0.15) is 10.4 Å². The van der Waals surface area contributed by atoms with Crippen molar-refractivity contribution in [2.45, 2.75) is 0 Å². The van der Waals surface area contributed by atoms with Gasteiger partial charge >= 0.3 is 0 Å². The van der Waals surface area contributed by atoms with Gasteiger partial charge in [0.15, 0.2) is 0 Å². The molecule has 0 bridgehead atoms. The fraction of sp³-hybridized carbons (Fsp3) is 0.300. The number of nitrogens with two attached hydrogens (primary N) is 2. The molecule has 6 heteroatoms. The summed E-state index contributed by atoms with van der Waals surface area (Å²) in [5.41, 5.74) is 12.4. The van der Waals surface area contributed by atoms with Gasteiger partial charge in [-0.3, -0.25) is 9.00 Å². The third-order valence-electron chi connectivity index (χ3n) is 2.00. The van der Waals surface area contributed by atoms with E-state index in [9.17, 15) is 9.00 Å². The standard InChI is InChI=1S/C10H15N3O2S/c1-16(15)5-4-13-10(14)8-3-2-7(11)6-9(8)12/h2-3,6H,4-5,11-12H2,1H3,(H,13,14). The van der Waals surface area contributed by atoms with E-state index < -0.39 is 10.8 Å². The summed E-state index contributed by atoms with van der Waals surface area (Å²) in [4.78, 5) is 11.6. The number of anilines is 2. The van der Waals surface area contributed by atoms with Crippen molar-refractivity contribution in [1.29, 1.82) is 0 Å². The lowest BCUT2D eigenvalue weighted by atomic mass is 10.1. The minimum Gasteiger partial charge on any atom is -0.399 e. The van der Waals surface area contributed by atoms with Gasteiger partial charge in [0.1, 0.15) is 0 Å². The second-order valence-corrected chi connectivity index (χ2v) is 4.93. The molecule has 1 atom stereocenters. The number of carbonyl (C=O) groups is 1. The molecule has 0 fully saturated rings. The first-order valence-corrected chi connectivity index (χ1v) is 6.46. The summed E-state index contributed by atoms with van der Waals surface area (Å²) in [6, 6.07) is 4.72. The molecule has 1 aromatic carbocycles. The summed E-state index contributed by atoms with van der Waals surface area (Å²) < 4.78 is 10.8. The van der Waals surface area contributed by atoms with Gasteiger partial charge < -0.3 is 16.8 Å². The molecule has 0 aromatic heterocycles. The van der Waals surface area contributed by atoms with Crippen molar-refractivity contribution >= 4 is 28.1 Å². The van der Waals surface area contributed by atoms with Crippen LogP contribution in [0.15, 0.2) is 18.2 Å². The predicted molar refractivity (Wildman–Crippen MR) is 66.5 cm³/mol. The van der Waals surface area contributed by atoms with E-state index in [1.807, 2.05) is 0 Å². The molecule has 0 heterocycles. The van der Waals surface area contributed by atoms with Crippen LogP contribution in [0.2, 0.25) is 0 Å². The molecule has 0 radical (unpaired) electrons. The van der Waals surface area contributed by atoms with Crippen LogP contribution < -0.4 is 16.8 Å². The quantitative estimate of drug-likeness (QED) is 0.644. The summed E-state index contributed by atoms with van der Waals surface area (Å²) >= 11 is 0. The number of nitrogen functional groups attached to an aromatic ring is 2. The Kier molecular flexibility index (Phi) is 4.30. The molecule has 5 N–H and O–H groups in total. The van der Waals surface area contributed by atoms with Crippen LogP contribution >= 0.6 is 0 Å². The van der Waals surface area contributed by atoms with Crippen LogP contribution in [0.25, 0.3) is 0 Å². The van der Waals surface area contributed by atoms with Crippen molar-refractivity contribution in [3.8, 4) is 0 Å². The smallest absolute Gasteiger partial charge is 0.253 e. The lowest BCUT2D eigenvalue weighted by Crippen LogP contribution is -2.28. The molecule has 0 saturated heterocycles. The van der Waals surface area contributed by atoms with Crippen LogP contribution in [0.5, 0.6) is 0 Å². The molecule has 0 aliphatic heterocycles. The summed E-state index contributed by atoms with van der Waals surface area (Å²) in [7, 11) is -0.913. The summed E-state index contributed by atoms with van der Waals surface area (Å²) in [6.45, 7) is 0.367. The van der Waals surface area contributed by atoms with E-state index >= 15 is 0 Å². The third-order valence-corrected chi connectivity index (χ3v) is 2.77. The zero-order chi connectivity index (χ0) is 12.1. The Morgan fingerprint density at radius 3 is 2.69 bits per heavy atom. The molecular formula is C10H15N3O2S. The molecule has 0 aliphatic carbocycles. The Morgan fingerprint density at radius 1 is 1.44 bits per heavy atom. The number of nitrogens with one attached hydrogen (secondary N) is 1. The van der Waals surface area contributed by atoms with E-state index in [0.717, 1.165) is 0 Å². The maximum absolute atomic E-state index is 11.6. The van der Waals surface area contributed by atoms with Crippen molar-refractivity contribution < 1.29 is 9.00 Å². The predicted octanol–water partition coefficient (Wildman–Crippen LogP) is -0.0407. The fourth-order valence-electron chi connectivity index (χ4n) is 1.19. The lowest BCUT2D eigenvalue weighted by Gasteiger charge is -2.07. The van der Waals surface area contributed by atoms with Crippen molar-refractivity contribution in [3.05, 3.63) is 23.8 Å². The Labute approximate surface area is 96.7 Å². The number of amides is 1. The first-order chi connectivity index (χ1) is 7.50. The van der Waals surface area contributed by atoms with Gasteiger partial charge in [-0.1, -0.05) is 0 Å². The molecular weight excluding hydrogens is 226 g/mol. The van der Waals surface area contributed by atoms with Gasteiger partial charge in [-0.25, -0.2) is 0 Å². The topological polar surface area (TPSA) is 98.2 Å². The van der Waals surface area contributed by atoms with Gasteiger partial charge in [0.05, 0.1) is 5.56 Å². The van der Waals surface area contributed by atoms with Crippen molar-refractivity contribution in [2.75, 3.05) is 30.0 Å². The first-order valence-electron chi connectivity index (χ1n) is 4.74. The van der Waals surface area contributed by atoms with Gasteiger partial charge in [-0.05, 0) is 18.2 Å². The second kappa shape index (κ2) is 5.50. The summed E-state index contributed by atoms with van der Waals surface area (Å²) in [5, 5.41) is 2.64. The molecule has 1 unspecified atom stereocenters. The van der Waals surface area contributed by atoms with Crippen LogP contribution in [-0.4, -0.2) is 28.7 Å². The largest absolute Gasteiger partial charge is 0.399 e. The Bertz CT molecular complexity index is 421. The number of hydrogen-bond acceptors (Lipinski definition) is 4. The summed E-state index contributed by atoms with van der Waals surface area (Å²) in [6.07, 6.45) is 1.59. The molecule has 1 rings (SSSR count). The molecule has 1 amide bonds. The Balaban J connectivity index is 2.63.